The number of phosphoric ester groups is 1. The zero-order valence-corrected chi connectivity index (χ0v) is 11.7. The smallest absolute Gasteiger partial charge is 0.404 e. The molecule has 0 bridgehead atoms. The van der Waals surface area contributed by atoms with Gasteiger partial charge >= 0.3 is 13.5 Å². The third-order valence-corrected chi connectivity index (χ3v) is 3.74. The maximum absolute atomic E-state index is 11.7. The summed E-state index contributed by atoms with van der Waals surface area (Å²) in [6.07, 6.45) is 0. The zero-order valence-electron chi connectivity index (χ0n) is 9.25. The van der Waals surface area contributed by atoms with Crippen molar-refractivity contribution < 1.29 is 23.1 Å². The highest BCUT2D eigenvalue weighted by atomic mass is 35.5. The van der Waals surface area contributed by atoms with Crippen LogP contribution in [-0.2, 0) is 13.6 Å². The normalized spacial score (nSPS) is 11.3. The minimum Gasteiger partial charge on any atom is -0.404 e. The molecule has 0 amide bonds. The van der Waals surface area contributed by atoms with Gasteiger partial charge in [-0.25, -0.2) is 4.57 Å². The second kappa shape index (κ2) is 5.86. The zero-order chi connectivity index (χ0) is 13.9. The SMILES string of the molecule is COP(=O)(OC)Oc1cc(Cl)c([N+](=O)[O-])c(Cl)c1. The molecule has 0 heterocycles. The van der Waals surface area contributed by atoms with Crippen LogP contribution >= 0.6 is 31.0 Å². The molecule has 0 radical (unpaired) electrons. The van der Waals surface area contributed by atoms with Gasteiger partial charge < -0.3 is 4.52 Å². The number of hydrogen-bond donors (Lipinski definition) is 0. The maximum Gasteiger partial charge on any atom is 0.529 e. The van der Waals surface area contributed by atoms with E-state index in [0.717, 1.165) is 26.4 Å². The van der Waals surface area contributed by atoms with Gasteiger partial charge in [0.05, 0.1) is 4.92 Å². The Labute approximate surface area is 112 Å². The number of benzene rings is 1. The molecular formula is C8H8Cl2NO6P. The molecule has 0 aliphatic heterocycles. The van der Waals surface area contributed by atoms with Crippen LogP contribution in [0.25, 0.3) is 0 Å². The van der Waals surface area contributed by atoms with Gasteiger partial charge in [-0.05, 0) is 0 Å². The molecule has 0 unspecified atom stereocenters. The first kappa shape index (κ1) is 15.2. The van der Waals surface area contributed by atoms with Crippen molar-refractivity contribution in [3.8, 4) is 5.75 Å². The number of nitro benzene ring substituents is 1. The molecule has 10 heteroatoms. The van der Waals surface area contributed by atoms with Crippen LogP contribution in [0.4, 0.5) is 5.69 Å². The van der Waals surface area contributed by atoms with Crippen molar-refractivity contribution >= 4 is 36.7 Å². The standard InChI is InChI=1S/C8H8Cl2NO6P/c1-15-18(14,16-2)17-5-3-6(9)8(11(12)13)7(10)4-5/h3-4H,1-2H3. The van der Waals surface area contributed by atoms with Crippen LogP contribution in [0.1, 0.15) is 0 Å². The molecule has 0 N–H and O–H groups in total. The van der Waals surface area contributed by atoms with Gasteiger partial charge in [0.2, 0.25) is 0 Å². The lowest BCUT2D eigenvalue weighted by atomic mass is 10.3. The third-order valence-electron chi connectivity index (χ3n) is 1.84. The minimum absolute atomic E-state index is 0.0670. The van der Waals surface area contributed by atoms with E-state index < -0.39 is 18.4 Å². The Hall–Kier alpha value is -0.850. The molecular weight excluding hydrogens is 308 g/mol. The van der Waals surface area contributed by atoms with Crippen molar-refractivity contribution in [2.24, 2.45) is 0 Å². The highest BCUT2D eigenvalue weighted by Gasteiger charge is 2.27. The summed E-state index contributed by atoms with van der Waals surface area (Å²) in [4.78, 5) is 9.91. The van der Waals surface area contributed by atoms with Crippen LogP contribution in [-0.4, -0.2) is 19.1 Å². The van der Waals surface area contributed by atoms with E-state index in [-0.39, 0.29) is 15.8 Å². The van der Waals surface area contributed by atoms with Gasteiger partial charge in [0.25, 0.3) is 0 Å². The Balaban J connectivity index is 3.15. The predicted molar refractivity (Wildman–Crippen MR) is 65.4 cm³/mol. The van der Waals surface area contributed by atoms with Crippen molar-refractivity contribution in [2.45, 2.75) is 0 Å². The lowest BCUT2D eigenvalue weighted by Crippen LogP contribution is -1.98. The van der Waals surface area contributed by atoms with E-state index >= 15 is 0 Å². The summed E-state index contributed by atoms with van der Waals surface area (Å²) in [6, 6.07) is 2.19. The second-order valence-corrected chi connectivity index (χ2v) is 5.52. The largest absolute Gasteiger partial charge is 0.529 e. The summed E-state index contributed by atoms with van der Waals surface area (Å²) in [7, 11) is -1.52. The topological polar surface area (TPSA) is 87.9 Å². The molecule has 0 saturated carbocycles. The summed E-state index contributed by atoms with van der Waals surface area (Å²) < 4.78 is 25.7. The van der Waals surface area contributed by atoms with Crippen LogP contribution in [0.3, 0.4) is 0 Å². The average Bonchev–Trinajstić information content (AvgIpc) is 2.27. The monoisotopic (exact) mass is 315 g/mol. The Morgan fingerprint density at radius 1 is 1.22 bits per heavy atom. The van der Waals surface area contributed by atoms with Crippen LogP contribution in [0.5, 0.6) is 5.75 Å². The van der Waals surface area contributed by atoms with Crippen LogP contribution in [0.15, 0.2) is 12.1 Å². The summed E-state index contributed by atoms with van der Waals surface area (Å²) in [5.74, 6) is -0.0670. The summed E-state index contributed by atoms with van der Waals surface area (Å²) in [5.41, 5.74) is -0.463. The molecule has 1 aromatic rings. The van der Waals surface area contributed by atoms with Gasteiger partial charge in [0.1, 0.15) is 15.8 Å². The Morgan fingerprint density at radius 3 is 2.00 bits per heavy atom. The Morgan fingerprint density at radius 2 is 1.67 bits per heavy atom. The van der Waals surface area contributed by atoms with Crippen molar-refractivity contribution in [3.63, 3.8) is 0 Å². The number of halogens is 2. The van der Waals surface area contributed by atoms with E-state index in [1.165, 1.54) is 0 Å². The van der Waals surface area contributed by atoms with Gasteiger partial charge in [-0.15, -0.1) is 0 Å². The number of hydrogen-bond acceptors (Lipinski definition) is 6. The Kier molecular flexibility index (Phi) is 4.95. The van der Waals surface area contributed by atoms with E-state index in [0.29, 0.717) is 0 Å². The summed E-state index contributed by atoms with van der Waals surface area (Å²) in [5, 5.41) is 10.1. The first-order valence-corrected chi connectivity index (χ1v) is 6.59. The fourth-order valence-electron chi connectivity index (χ4n) is 1.05. The highest BCUT2D eigenvalue weighted by Crippen LogP contribution is 2.49. The minimum atomic E-state index is -3.77. The molecule has 7 nitrogen and oxygen atoms in total. The first-order chi connectivity index (χ1) is 8.33. The number of phosphoric acid groups is 1. The summed E-state index contributed by atoms with van der Waals surface area (Å²) in [6.45, 7) is 0. The molecule has 0 atom stereocenters. The van der Waals surface area contributed by atoms with E-state index in [1.807, 2.05) is 0 Å². The van der Waals surface area contributed by atoms with E-state index in [1.54, 1.807) is 0 Å². The Bertz CT molecular complexity index is 491. The number of nitrogens with zero attached hydrogens (tertiary/aromatic N) is 1. The second-order valence-electron chi connectivity index (χ2n) is 2.90. The fourth-order valence-corrected chi connectivity index (χ4v) is 2.31. The van der Waals surface area contributed by atoms with Gasteiger partial charge in [-0.1, -0.05) is 23.2 Å². The quantitative estimate of drug-likeness (QED) is 0.468. The highest BCUT2D eigenvalue weighted by molar-refractivity contribution is 7.48. The fraction of sp³-hybridized carbons (Fsp3) is 0.250. The molecule has 1 rings (SSSR count). The molecule has 18 heavy (non-hydrogen) atoms. The van der Waals surface area contributed by atoms with Crippen molar-refractivity contribution in [3.05, 3.63) is 32.3 Å². The average molecular weight is 316 g/mol. The van der Waals surface area contributed by atoms with Crippen molar-refractivity contribution in [1.29, 1.82) is 0 Å². The van der Waals surface area contributed by atoms with Gasteiger partial charge in [0.15, 0.2) is 0 Å². The summed E-state index contributed by atoms with van der Waals surface area (Å²) >= 11 is 11.3. The predicted octanol–water partition coefficient (Wildman–Crippen LogP) is 3.68. The number of rotatable bonds is 5. The molecule has 0 spiro atoms. The lowest BCUT2D eigenvalue weighted by Gasteiger charge is -2.14. The maximum atomic E-state index is 11.7. The molecule has 1 aromatic carbocycles. The van der Waals surface area contributed by atoms with E-state index in [2.05, 4.69) is 9.05 Å². The third kappa shape index (κ3) is 3.34. The molecule has 0 fully saturated rings. The first-order valence-electron chi connectivity index (χ1n) is 4.37. The van der Waals surface area contributed by atoms with Crippen LogP contribution in [0, 0.1) is 10.1 Å². The molecule has 0 aliphatic rings. The van der Waals surface area contributed by atoms with E-state index in [4.69, 9.17) is 27.7 Å². The molecule has 0 aliphatic carbocycles. The van der Waals surface area contributed by atoms with Crippen LogP contribution in [0.2, 0.25) is 10.0 Å². The molecule has 0 saturated heterocycles. The molecule has 0 aromatic heterocycles. The van der Waals surface area contributed by atoms with Crippen molar-refractivity contribution in [2.75, 3.05) is 14.2 Å². The molecule has 100 valence electrons. The van der Waals surface area contributed by atoms with Crippen molar-refractivity contribution in [1.82, 2.24) is 0 Å². The van der Waals surface area contributed by atoms with Gasteiger partial charge in [-0.3, -0.25) is 19.2 Å². The van der Waals surface area contributed by atoms with Gasteiger partial charge in [-0.2, -0.15) is 0 Å². The van der Waals surface area contributed by atoms with E-state index in [9.17, 15) is 14.7 Å². The number of nitro groups is 1. The van der Waals surface area contributed by atoms with Gasteiger partial charge in [0, 0.05) is 26.4 Å². The lowest BCUT2D eigenvalue weighted by molar-refractivity contribution is -0.384. The van der Waals surface area contributed by atoms with Crippen LogP contribution < -0.4 is 4.52 Å².